The van der Waals surface area contributed by atoms with Crippen LogP contribution in [0.4, 0.5) is 0 Å². The molecule has 21 heavy (non-hydrogen) atoms. The van der Waals surface area contributed by atoms with Crippen LogP contribution < -0.4 is 19.5 Å². The molecular weight excluding hydrogens is 268 g/mol. The number of benzene rings is 1. The summed E-state index contributed by atoms with van der Waals surface area (Å²) >= 11 is 0. The number of nitrogens with one attached hydrogen (secondary N) is 1. The summed E-state index contributed by atoms with van der Waals surface area (Å²) in [6.45, 7) is 4.99. The number of rotatable bonds is 4. The van der Waals surface area contributed by atoms with E-state index in [0.29, 0.717) is 23.9 Å². The molecule has 1 N–H and O–H groups in total. The second-order valence-corrected chi connectivity index (χ2v) is 5.01. The summed E-state index contributed by atoms with van der Waals surface area (Å²) in [7, 11) is 1.91. The third-order valence-electron chi connectivity index (χ3n) is 3.35. The van der Waals surface area contributed by atoms with Crippen molar-refractivity contribution < 1.29 is 14.2 Å². The topological polar surface area (TPSA) is 52.6 Å². The molecule has 2 aromatic rings. The van der Waals surface area contributed by atoms with Crippen molar-refractivity contribution in [3.63, 3.8) is 0 Å². The van der Waals surface area contributed by atoms with Crippen LogP contribution in [0.25, 0.3) is 0 Å². The summed E-state index contributed by atoms with van der Waals surface area (Å²) in [4.78, 5) is 4.51. The van der Waals surface area contributed by atoms with Crippen molar-refractivity contribution in [2.45, 2.75) is 20.4 Å². The SMILES string of the molecule is CNCc1c(C)cc(C)nc1Oc1ccc2c(c1)OCO2. The lowest BCUT2D eigenvalue weighted by atomic mass is 10.1. The fraction of sp³-hybridized carbons (Fsp3) is 0.312. The van der Waals surface area contributed by atoms with Gasteiger partial charge in [-0.3, -0.25) is 0 Å². The Bertz CT molecular complexity index is 671. The van der Waals surface area contributed by atoms with E-state index in [-0.39, 0.29) is 6.79 Å². The zero-order chi connectivity index (χ0) is 14.8. The lowest BCUT2D eigenvalue weighted by Gasteiger charge is -2.13. The molecule has 1 aliphatic heterocycles. The Hall–Kier alpha value is -2.27. The number of hydrogen-bond acceptors (Lipinski definition) is 5. The van der Waals surface area contributed by atoms with E-state index in [0.717, 1.165) is 22.6 Å². The van der Waals surface area contributed by atoms with Gasteiger partial charge < -0.3 is 19.5 Å². The van der Waals surface area contributed by atoms with Crippen molar-refractivity contribution in [2.24, 2.45) is 0 Å². The summed E-state index contributed by atoms with van der Waals surface area (Å²) in [5, 5.41) is 3.15. The van der Waals surface area contributed by atoms with Crippen LogP contribution in [0, 0.1) is 13.8 Å². The molecule has 0 amide bonds. The molecule has 1 aliphatic rings. The van der Waals surface area contributed by atoms with E-state index in [4.69, 9.17) is 14.2 Å². The fourth-order valence-electron chi connectivity index (χ4n) is 2.36. The number of pyridine rings is 1. The molecule has 0 saturated carbocycles. The minimum Gasteiger partial charge on any atom is -0.454 e. The summed E-state index contributed by atoms with van der Waals surface area (Å²) in [6.07, 6.45) is 0. The Kier molecular flexibility index (Phi) is 3.66. The molecule has 0 atom stereocenters. The second-order valence-electron chi connectivity index (χ2n) is 5.01. The van der Waals surface area contributed by atoms with Gasteiger partial charge in [-0.25, -0.2) is 4.98 Å². The predicted octanol–water partition coefficient (Wildman–Crippen LogP) is 2.94. The molecule has 5 nitrogen and oxygen atoms in total. The Morgan fingerprint density at radius 2 is 2.00 bits per heavy atom. The molecule has 0 aliphatic carbocycles. The third kappa shape index (κ3) is 2.78. The number of fused-ring (bicyclic) bond motifs is 1. The molecule has 0 unspecified atom stereocenters. The van der Waals surface area contributed by atoms with Gasteiger partial charge in [0, 0.05) is 23.9 Å². The van der Waals surface area contributed by atoms with Gasteiger partial charge in [-0.15, -0.1) is 0 Å². The average Bonchev–Trinajstić information content (AvgIpc) is 2.90. The van der Waals surface area contributed by atoms with Crippen LogP contribution in [0.3, 0.4) is 0 Å². The minimum absolute atomic E-state index is 0.256. The van der Waals surface area contributed by atoms with E-state index in [1.165, 1.54) is 0 Å². The van der Waals surface area contributed by atoms with E-state index >= 15 is 0 Å². The maximum absolute atomic E-state index is 5.96. The normalized spacial score (nSPS) is 12.5. The van der Waals surface area contributed by atoms with Gasteiger partial charge >= 0.3 is 0 Å². The Balaban J connectivity index is 1.93. The second kappa shape index (κ2) is 5.61. The van der Waals surface area contributed by atoms with Gasteiger partial charge in [0.1, 0.15) is 5.75 Å². The number of ether oxygens (including phenoxy) is 3. The molecule has 3 rings (SSSR count). The largest absolute Gasteiger partial charge is 0.454 e. The molecule has 1 aromatic heterocycles. The van der Waals surface area contributed by atoms with Crippen LogP contribution in [-0.2, 0) is 6.54 Å². The Morgan fingerprint density at radius 1 is 1.19 bits per heavy atom. The van der Waals surface area contributed by atoms with Gasteiger partial charge in [-0.05, 0) is 44.7 Å². The van der Waals surface area contributed by atoms with E-state index in [1.807, 2.05) is 32.2 Å². The molecular formula is C16H18N2O3. The van der Waals surface area contributed by atoms with Crippen LogP contribution in [-0.4, -0.2) is 18.8 Å². The van der Waals surface area contributed by atoms with Gasteiger partial charge in [0.15, 0.2) is 11.5 Å². The van der Waals surface area contributed by atoms with Crippen molar-refractivity contribution in [1.82, 2.24) is 10.3 Å². The lowest BCUT2D eigenvalue weighted by Crippen LogP contribution is -2.09. The van der Waals surface area contributed by atoms with E-state index in [9.17, 15) is 0 Å². The van der Waals surface area contributed by atoms with Crippen LogP contribution in [0.2, 0.25) is 0 Å². The first-order valence-corrected chi connectivity index (χ1v) is 6.86. The first kappa shape index (κ1) is 13.7. The highest BCUT2D eigenvalue weighted by Crippen LogP contribution is 2.37. The molecule has 5 heteroatoms. The van der Waals surface area contributed by atoms with Crippen LogP contribution >= 0.6 is 0 Å². The number of nitrogens with zero attached hydrogens (tertiary/aromatic N) is 1. The standard InChI is InChI=1S/C16H18N2O3/c1-10-6-11(2)18-16(13(10)8-17-3)21-12-4-5-14-15(7-12)20-9-19-14/h4-7,17H,8-9H2,1-3H3. The predicted molar refractivity (Wildman–Crippen MR) is 79.1 cm³/mol. The van der Waals surface area contributed by atoms with Crippen molar-refractivity contribution in [3.8, 4) is 23.1 Å². The van der Waals surface area contributed by atoms with Crippen molar-refractivity contribution in [2.75, 3.05) is 13.8 Å². The summed E-state index contributed by atoms with van der Waals surface area (Å²) in [6, 6.07) is 7.58. The Labute approximate surface area is 123 Å². The van der Waals surface area contributed by atoms with Gasteiger partial charge in [0.25, 0.3) is 0 Å². The summed E-state index contributed by atoms with van der Waals surface area (Å²) in [5.41, 5.74) is 3.15. The molecule has 0 spiro atoms. The highest BCUT2D eigenvalue weighted by Gasteiger charge is 2.16. The maximum Gasteiger partial charge on any atom is 0.231 e. The molecule has 0 bridgehead atoms. The highest BCUT2D eigenvalue weighted by atomic mass is 16.7. The van der Waals surface area contributed by atoms with Gasteiger partial charge in [-0.2, -0.15) is 0 Å². The molecule has 0 fully saturated rings. The zero-order valence-electron chi connectivity index (χ0n) is 12.4. The first-order valence-electron chi connectivity index (χ1n) is 6.86. The van der Waals surface area contributed by atoms with Crippen molar-refractivity contribution in [1.29, 1.82) is 0 Å². The van der Waals surface area contributed by atoms with Crippen molar-refractivity contribution in [3.05, 3.63) is 41.1 Å². The number of hydrogen-bond donors (Lipinski definition) is 1. The van der Waals surface area contributed by atoms with Gasteiger partial charge in [0.05, 0.1) is 0 Å². The Morgan fingerprint density at radius 3 is 2.81 bits per heavy atom. The van der Waals surface area contributed by atoms with Crippen molar-refractivity contribution >= 4 is 0 Å². The monoisotopic (exact) mass is 286 g/mol. The lowest BCUT2D eigenvalue weighted by molar-refractivity contribution is 0.174. The van der Waals surface area contributed by atoms with Crippen LogP contribution in [0.1, 0.15) is 16.8 Å². The van der Waals surface area contributed by atoms with Crippen LogP contribution in [0.15, 0.2) is 24.3 Å². The molecule has 110 valence electrons. The quantitative estimate of drug-likeness (QED) is 0.936. The summed E-state index contributed by atoms with van der Waals surface area (Å²) in [5.74, 6) is 2.76. The number of aromatic nitrogens is 1. The maximum atomic E-state index is 5.96. The number of aryl methyl sites for hydroxylation is 2. The van der Waals surface area contributed by atoms with Gasteiger partial charge in [-0.1, -0.05) is 0 Å². The minimum atomic E-state index is 0.256. The molecule has 2 heterocycles. The van der Waals surface area contributed by atoms with E-state index in [1.54, 1.807) is 0 Å². The highest BCUT2D eigenvalue weighted by molar-refractivity contribution is 5.48. The smallest absolute Gasteiger partial charge is 0.231 e. The zero-order valence-corrected chi connectivity index (χ0v) is 12.4. The molecule has 0 saturated heterocycles. The van der Waals surface area contributed by atoms with Gasteiger partial charge in [0.2, 0.25) is 12.7 Å². The van der Waals surface area contributed by atoms with E-state index in [2.05, 4.69) is 23.3 Å². The first-order chi connectivity index (χ1) is 10.2. The fourth-order valence-corrected chi connectivity index (χ4v) is 2.36. The average molecular weight is 286 g/mol. The van der Waals surface area contributed by atoms with E-state index < -0.39 is 0 Å². The summed E-state index contributed by atoms with van der Waals surface area (Å²) < 4.78 is 16.6. The molecule has 0 radical (unpaired) electrons. The van der Waals surface area contributed by atoms with Crippen LogP contribution in [0.5, 0.6) is 23.1 Å². The third-order valence-corrected chi connectivity index (χ3v) is 3.35. The molecule has 1 aromatic carbocycles.